The molecule has 0 saturated heterocycles. The number of esters is 4. The van der Waals surface area contributed by atoms with Crippen molar-refractivity contribution in [3.05, 3.63) is 102 Å². The van der Waals surface area contributed by atoms with Crippen LogP contribution in [0.15, 0.2) is 91.0 Å². The molecule has 45 heavy (non-hydrogen) atoms. The predicted octanol–water partition coefficient (Wildman–Crippen LogP) is 5.97. The molecule has 4 aromatic rings. The minimum absolute atomic E-state index is 0.101. The number of hydrogen-bond acceptors (Lipinski definition) is 8. The third kappa shape index (κ3) is 8.47. The maximum absolute atomic E-state index is 12.3. The normalized spacial score (nSPS) is 10.8. The molecule has 0 amide bonds. The second kappa shape index (κ2) is 15.5. The van der Waals surface area contributed by atoms with Gasteiger partial charge in [0, 0.05) is 29.3 Å². The van der Waals surface area contributed by atoms with Gasteiger partial charge >= 0.3 is 23.9 Å². The second-order valence-electron chi connectivity index (χ2n) is 10.3. The topological polar surface area (TPSA) is 110 Å². The van der Waals surface area contributed by atoms with Gasteiger partial charge in [-0.25, -0.2) is 9.59 Å². The Kier molecular flexibility index (Phi) is 11.3. The molecule has 0 aliphatic heterocycles. The summed E-state index contributed by atoms with van der Waals surface area (Å²) in [6, 6.07) is 22.3. The zero-order valence-corrected chi connectivity index (χ0v) is 25.6. The molecule has 0 aliphatic carbocycles. The summed E-state index contributed by atoms with van der Waals surface area (Å²) in [5.74, 6) is -1.98. The minimum Gasteiger partial charge on any atom is -0.463 e. The summed E-state index contributed by atoms with van der Waals surface area (Å²) in [4.78, 5) is 47.8. The van der Waals surface area contributed by atoms with Gasteiger partial charge in [-0.1, -0.05) is 49.6 Å². The van der Waals surface area contributed by atoms with Gasteiger partial charge in [0.15, 0.2) is 0 Å². The predicted molar refractivity (Wildman–Crippen MR) is 171 cm³/mol. The van der Waals surface area contributed by atoms with Crippen molar-refractivity contribution in [2.45, 2.75) is 39.5 Å². The zero-order chi connectivity index (χ0) is 32.3. The summed E-state index contributed by atoms with van der Waals surface area (Å²) in [7, 11) is 0. The van der Waals surface area contributed by atoms with Crippen LogP contribution in [0.3, 0.4) is 0 Å². The summed E-state index contributed by atoms with van der Waals surface area (Å²) >= 11 is 0. The Balaban J connectivity index is 1.41. The highest BCUT2D eigenvalue weighted by molar-refractivity contribution is 6.09. The molecule has 9 heteroatoms. The monoisotopic (exact) mass is 611 g/mol. The van der Waals surface area contributed by atoms with Crippen molar-refractivity contribution in [1.29, 1.82) is 0 Å². The fraction of sp³-hybridized carbons (Fsp3) is 0.278. The van der Waals surface area contributed by atoms with E-state index in [0.717, 1.165) is 38.6 Å². The molecule has 0 N–H and O–H groups in total. The highest BCUT2D eigenvalue weighted by Gasteiger charge is 2.15. The number of fused-ring (bicyclic) bond motifs is 3. The van der Waals surface area contributed by atoms with Crippen LogP contribution in [0.2, 0.25) is 0 Å². The molecule has 0 saturated carbocycles. The molecular formula is C36H37NO8. The van der Waals surface area contributed by atoms with Crippen LogP contribution >= 0.6 is 0 Å². The fourth-order valence-electron chi connectivity index (χ4n) is 4.82. The number of para-hydroxylation sites is 1. The van der Waals surface area contributed by atoms with E-state index < -0.39 is 23.9 Å². The summed E-state index contributed by atoms with van der Waals surface area (Å²) < 4.78 is 22.3. The van der Waals surface area contributed by atoms with E-state index in [0.29, 0.717) is 12.8 Å². The summed E-state index contributed by atoms with van der Waals surface area (Å²) in [6.45, 7) is 10.7. The van der Waals surface area contributed by atoms with Gasteiger partial charge in [-0.3, -0.25) is 9.59 Å². The molecule has 0 atom stereocenters. The fourth-order valence-corrected chi connectivity index (χ4v) is 4.82. The molecule has 0 radical (unpaired) electrons. The largest absolute Gasteiger partial charge is 0.463 e. The first-order chi connectivity index (χ1) is 21.7. The van der Waals surface area contributed by atoms with Crippen LogP contribution in [0.5, 0.6) is 0 Å². The highest BCUT2D eigenvalue weighted by atomic mass is 16.6. The zero-order valence-electron chi connectivity index (χ0n) is 25.6. The van der Waals surface area contributed by atoms with Gasteiger partial charge in [0.1, 0.15) is 13.2 Å². The van der Waals surface area contributed by atoms with Gasteiger partial charge in [0.25, 0.3) is 0 Å². The van der Waals surface area contributed by atoms with E-state index in [1.807, 2.05) is 48.5 Å². The Morgan fingerprint density at radius 2 is 1.13 bits per heavy atom. The van der Waals surface area contributed by atoms with Crippen LogP contribution < -0.4 is 0 Å². The van der Waals surface area contributed by atoms with Gasteiger partial charge < -0.3 is 23.5 Å². The van der Waals surface area contributed by atoms with E-state index in [-0.39, 0.29) is 50.4 Å². The van der Waals surface area contributed by atoms with Crippen molar-refractivity contribution in [3.8, 4) is 5.69 Å². The van der Waals surface area contributed by atoms with Crippen molar-refractivity contribution in [2.75, 3.05) is 26.4 Å². The van der Waals surface area contributed by atoms with Gasteiger partial charge in [-0.2, -0.15) is 0 Å². The SMILES string of the molecule is C=C(COC(=O)CCc1ccc(-n2c3ccccc3c3cc(CCC(=O)OCC(=C)C(=O)OCC)ccc32)cc1)C(=O)OCC. The van der Waals surface area contributed by atoms with Gasteiger partial charge in [0.2, 0.25) is 0 Å². The molecule has 0 spiro atoms. The highest BCUT2D eigenvalue weighted by Crippen LogP contribution is 2.33. The van der Waals surface area contributed by atoms with Crippen molar-refractivity contribution in [2.24, 2.45) is 0 Å². The molecule has 234 valence electrons. The molecule has 0 fully saturated rings. The Morgan fingerprint density at radius 3 is 1.71 bits per heavy atom. The van der Waals surface area contributed by atoms with Crippen molar-refractivity contribution in [1.82, 2.24) is 4.57 Å². The van der Waals surface area contributed by atoms with E-state index in [2.05, 4.69) is 35.9 Å². The lowest BCUT2D eigenvalue weighted by Gasteiger charge is -2.10. The molecule has 0 aliphatic rings. The molecule has 3 aromatic carbocycles. The van der Waals surface area contributed by atoms with Crippen LogP contribution in [0.25, 0.3) is 27.5 Å². The molecular weight excluding hydrogens is 574 g/mol. The minimum atomic E-state index is -0.571. The summed E-state index contributed by atoms with van der Waals surface area (Å²) in [6.07, 6.45) is 1.30. The number of nitrogens with zero attached hydrogens (tertiary/aromatic N) is 1. The first-order valence-corrected chi connectivity index (χ1v) is 14.8. The molecule has 0 bridgehead atoms. The number of hydrogen-bond donors (Lipinski definition) is 0. The second-order valence-corrected chi connectivity index (χ2v) is 10.3. The van der Waals surface area contributed by atoms with Crippen LogP contribution in [0.1, 0.15) is 37.8 Å². The number of carbonyl (C=O) groups excluding carboxylic acids is 4. The first-order valence-electron chi connectivity index (χ1n) is 14.8. The Bertz CT molecular complexity index is 1730. The smallest absolute Gasteiger partial charge is 0.336 e. The Hall–Kier alpha value is -5.18. The van der Waals surface area contributed by atoms with E-state index in [4.69, 9.17) is 18.9 Å². The molecule has 0 unspecified atom stereocenters. The number of rotatable bonds is 15. The lowest BCUT2D eigenvalue weighted by atomic mass is 10.1. The number of aromatic nitrogens is 1. The quantitative estimate of drug-likeness (QED) is 0.0918. The van der Waals surface area contributed by atoms with Crippen LogP contribution in [0, 0.1) is 0 Å². The summed E-state index contributed by atoms with van der Waals surface area (Å²) in [5, 5.41) is 2.14. The van der Waals surface area contributed by atoms with E-state index >= 15 is 0 Å². The molecule has 1 aromatic heterocycles. The maximum atomic E-state index is 12.3. The number of benzene rings is 3. The molecule has 9 nitrogen and oxygen atoms in total. The van der Waals surface area contributed by atoms with Crippen molar-refractivity contribution in [3.63, 3.8) is 0 Å². The summed E-state index contributed by atoms with van der Waals surface area (Å²) in [5.41, 5.74) is 5.19. The third-order valence-corrected chi connectivity index (χ3v) is 7.11. The third-order valence-electron chi connectivity index (χ3n) is 7.11. The number of carbonyl (C=O) groups is 4. The van der Waals surface area contributed by atoms with E-state index in [1.165, 1.54) is 0 Å². The Morgan fingerprint density at radius 1 is 0.622 bits per heavy atom. The van der Waals surface area contributed by atoms with E-state index in [9.17, 15) is 19.2 Å². The maximum Gasteiger partial charge on any atom is 0.336 e. The standard InChI is InChI=1S/C36H37NO8/c1-5-42-35(40)24(3)22-44-33(38)19-14-26-11-16-28(17-12-26)37-31-10-8-7-9-29(31)30-21-27(13-18-32(30)37)15-20-34(39)45-23-25(4)36(41)43-6-2/h7-13,16-18,21H,3-6,14-15,19-20,22-23H2,1-2H3. The van der Waals surface area contributed by atoms with Gasteiger partial charge in [-0.15, -0.1) is 0 Å². The van der Waals surface area contributed by atoms with Gasteiger partial charge in [0.05, 0.1) is 35.4 Å². The van der Waals surface area contributed by atoms with Crippen molar-refractivity contribution < 1.29 is 38.1 Å². The Labute approximate surface area is 262 Å². The first kappa shape index (κ1) is 32.7. The number of aryl methyl sites for hydroxylation is 2. The molecule has 4 rings (SSSR count). The van der Waals surface area contributed by atoms with E-state index in [1.54, 1.807) is 13.8 Å². The molecule has 1 heterocycles. The lowest BCUT2D eigenvalue weighted by molar-refractivity contribution is -0.146. The average molecular weight is 612 g/mol. The van der Waals surface area contributed by atoms with Gasteiger partial charge in [-0.05, 0) is 68.1 Å². The lowest BCUT2D eigenvalue weighted by Crippen LogP contribution is -2.15. The number of ether oxygens (including phenoxy) is 4. The van der Waals surface area contributed by atoms with Crippen LogP contribution in [0.4, 0.5) is 0 Å². The van der Waals surface area contributed by atoms with Crippen LogP contribution in [-0.2, 0) is 51.0 Å². The van der Waals surface area contributed by atoms with Crippen molar-refractivity contribution >= 4 is 45.7 Å². The van der Waals surface area contributed by atoms with Crippen LogP contribution in [-0.4, -0.2) is 54.9 Å². The average Bonchev–Trinajstić information content (AvgIpc) is 3.38.